The maximum Gasteiger partial charge on any atom is 0.246 e. The molecule has 0 bridgehead atoms. The summed E-state index contributed by atoms with van der Waals surface area (Å²) in [7, 11) is 1.56. The molecular weight excluding hydrogens is 374 g/mol. The van der Waals surface area contributed by atoms with E-state index in [0.717, 1.165) is 12.8 Å². The first-order valence-electron chi connectivity index (χ1n) is 9.96. The highest BCUT2D eigenvalue weighted by atomic mass is 16.5. The second-order valence-corrected chi connectivity index (χ2v) is 7.48. The van der Waals surface area contributed by atoms with Crippen molar-refractivity contribution in [3.05, 3.63) is 24.3 Å². The van der Waals surface area contributed by atoms with Gasteiger partial charge in [-0.3, -0.25) is 19.6 Å². The molecule has 0 spiro atoms. The Morgan fingerprint density at radius 3 is 2.38 bits per heavy atom. The Labute approximate surface area is 172 Å². The zero-order valence-electron chi connectivity index (χ0n) is 17.7. The molecule has 0 saturated carbocycles. The van der Waals surface area contributed by atoms with Crippen LogP contribution in [0.15, 0.2) is 24.3 Å². The lowest BCUT2D eigenvalue weighted by Gasteiger charge is -2.24. The van der Waals surface area contributed by atoms with E-state index in [1.807, 2.05) is 20.8 Å². The van der Waals surface area contributed by atoms with Crippen molar-refractivity contribution < 1.29 is 24.3 Å². The lowest BCUT2D eigenvalue weighted by atomic mass is 9.98. The van der Waals surface area contributed by atoms with Crippen molar-refractivity contribution in [2.24, 2.45) is 11.8 Å². The van der Waals surface area contributed by atoms with E-state index in [0.29, 0.717) is 29.3 Å². The Balaban J connectivity index is 2.86. The molecule has 3 N–H and O–H groups in total. The number of amides is 3. The smallest absolute Gasteiger partial charge is 0.246 e. The predicted octanol–water partition coefficient (Wildman–Crippen LogP) is 2.82. The van der Waals surface area contributed by atoms with Gasteiger partial charge in [0, 0.05) is 5.69 Å². The summed E-state index contributed by atoms with van der Waals surface area (Å²) in [6.07, 6.45) is 2.90. The first-order chi connectivity index (χ1) is 13.8. The Morgan fingerprint density at radius 2 is 1.86 bits per heavy atom. The van der Waals surface area contributed by atoms with Crippen molar-refractivity contribution in [2.45, 2.75) is 52.5 Å². The van der Waals surface area contributed by atoms with Gasteiger partial charge in [-0.2, -0.15) is 0 Å². The third-order valence-corrected chi connectivity index (χ3v) is 4.50. The SMILES string of the molecule is CCCC[C@H](CN(O)C=O)C(=O)N[C@@H](CC(C)C)C(=O)Nc1ccc(OC)cc1. The fraction of sp³-hybridized carbons (Fsp3) is 0.571. The molecule has 0 radical (unpaired) electrons. The minimum Gasteiger partial charge on any atom is -0.497 e. The minimum absolute atomic E-state index is 0.107. The number of ether oxygens (including phenoxy) is 1. The zero-order valence-corrected chi connectivity index (χ0v) is 17.7. The molecule has 1 rings (SSSR count). The van der Waals surface area contributed by atoms with E-state index in [1.165, 1.54) is 0 Å². The molecule has 162 valence electrons. The number of carbonyl (C=O) groups is 3. The Morgan fingerprint density at radius 1 is 1.21 bits per heavy atom. The number of hydrogen-bond acceptors (Lipinski definition) is 5. The predicted molar refractivity (Wildman–Crippen MR) is 111 cm³/mol. The van der Waals surface area contributed by atoms with Gasteiger partial charge in [-0.25, -0.2) is 5.06 Å². The van der Waals surface area contributed by atoms with Crippen molar-refractivity contribution in [3.63, 3.8) is 0 Å². The number of anilines is 1. The number of hydrogen-bond donors (Lipinski definition) is 3. The second-order valence-electron chi connectivity index (χ2n) is 7.48. The van der Waals surface area contributed by atoms with E-state index < -0.39 is 12.0 Å². The van der Waals surface area contributed by atoms with Crippen LogP contribution in [-0.4, -0.2) is 48.2 Å². The maximum absolute atomic E-state index is 12.8. The highest BCUT2D eigenvalue weighted by molar-refractivity contribution is 5.97. The summed E-state index contributed by atoms with van der Waals surface area (Å²) in [6, 6.07) is 6.20. The number of nitrogens with one attached hydrogen (secondary N) is 2. The van der Waals surface area contributed by atoms with Crippen LogP contribution in [0, 0.1) is 11.8 Å². The van der Waals surface area contributed by atoms with Crippen LogP contribution in [0.4, 0.5) is 5.69 Å². The molecule has 0 unspecified atom stereocenters. The fourth-order valence-corrected chi connectivity index (χ4v) is 2.92. The minimum atomic E-state index is -0.725. The number of rotatable bonds is 13. The van der Waals surface area contributed by atoms with Gasteiger partial charge in [0.05, 0.1) is 19.6 Å². The largest absolute Gasteiger partial charge is 0.497 e. The van der Waals surface area contributed by atoms with Crippen molar-refractivity contribution in [1.29, 1.82) is 0 Å². The lowest BCUT2D eigenvalue weighted by Crippen LogP contribution is -2.48. The van der Waals surface area contributed by atoms with Gasteiger partial charge in [0.2, 0.25) is 18.2 Å². The van der Waals surface area contributed by atoms with E-state index in [2.05, 4.69) is 10.6 Å². The number of hydroxylamine groups is 2. The average Bonchev–Trinajstić information content (AvgIpc) is 2.70. The zero-order chi connectivity index (χ0) is 21.8. The first kappa shape index (κ1) is 24.4. The number of benzene rings is 1. The van der Waals surface area contributed by atoms with Crippen molar-refractivity contribution in [2.75, 3.05) is 19.0 Å². The molecular formula is C21H33N3O5. The summed E-state index contributed by atoms with van der Waals surface area (Å²) in [4.78, 5) is 36.3. The van der Waals surface area contributed by atoms with E-state index in [-0.39, 0.29) is 30.7 Å². The number of nitrogens with zero attached hydrogens (tertiary/aromatic N) is 1. The molecule has 3 amide bonds. The van der Waals surface area contributed by atoms with Crippen molar-refractivity contribution >= 4 is 23.9 Å². The third-order valence-electron chi connectivity index (χ3n) is 4.50. The Hall–Kier alpha value is -2.61. The molecule has 0 fully saturated rings. The number of unbranched alkanes of at least 4 members (excludes halogenated alkanes) is 1. The van der Waals surface area contributed by atoms with Gasteiger partial charge in [0.25, 0.3) is 0 Å². The second kappa shape index (κ2) is 12.8. The molecule has 0 heterocycles. The lowest BCUT2D eigenvalue weighted by molar-refractivity contribution is -0.155. The van der Waals surface area contributed by atoms with Crippen LogP contribution in [0.2, 0.25) is 0 Å². The highest BCUT2D eigenvalue weighted by Crippen LogP contribution is 2.17. The van der Waals surface area contributed by atoms with E-state index in [1.54, 1.807) is 31.4 Å². The number of carbonyl (C=O) groups excluding carboxylic acids is 3. The first-order valence-corrected chi connectivity index (χ1v) is 9.96. The normalized spacial score (nSPS) is 12.8. The van der Waals surface area contributed by atoms with Crippen LogP contribution in [0.25, 0.3) is 0 Å². The fourth-order valence-electron chi connectivity index (χ4n) is 2.92. The van der Waals surface area contributed by atoms with Crippen LogP contribution in [0.1, 0.15) is 46.5 Å². The van der Waals surface area contributed by atoms with Crippen molar-refractivity contribution in [1.82, 2.24) is 10.4 Å². The Bertz CT molecular complexity index is 648. The van der Waals surface area contributed by atoms with E-state index in [9.17, 15) is 19.6 Å². The van der Waals surface area contributed by atoms with E-state index >= 15 is 0 Å². The van der Waals surface area contributed by atoms with Gasteiger partial charge >= 0.3 is 0 Å². The van der Waals surface area contributed by atoms with Crippen molar-refractivity contribution in [3.8, 4) is 5.75 Å². The molecule has 0 saturated heterocycles. The summed E-state index contributed by atoms with van der Waals surface area (Å²) < 4.78 is 5.11. The monoisotopic (exact) mass is 407 g/mol. The topological polar surface area (TPSA) is 108 Å². The summed E-state index contributed by atoms with van der Waals surface area (Å²) >= 11 is 0. The molecule has 1 aromatic rings. The van der Waals surface area contributed by atoms with Gasteiger partial charge in [0.1, 0.15) is 11.8 Å². The van der Waals surface area contributed by atoms with Gasteiger partial charge in [0.15, 0.2) is 0 Å². The van der Waals surface area contributed by atoms with Gasteiger partial charge < -0.3 is 15.4 Å². The van der Waals surface area contributed by atoms with Crippen LogP contribution in [0.3, 0.4) is 0 Å². The maximum atomic E-state index is 12.8. The quantitative estimate of drug-likeness (QED) is 0.265. The van der Waals surface area contributed by atoms with E-state index in [4.69, 9.17) is 4.74 Å². The van der Waals surface area contributed by atoms with Crippen LogP contribution >= 0.6 is 0 Å². The van der Waals surface area contributed by atoms with Crippen LogP contribution in [-0.2, 0) is 14.4 Å². The summed E-state index contributed by atoms with van der Waals surface area (Å²) in [6.45, 7) is 5.82. The summed E-state index contributed by atoms with van der Waals surface area (Å²) in [5.74, 6) is -0.399. The summed E-state index contributed by atoms with van der Waals surface area (Å²) in [5.41, 5.74) is 0.601. The third kappa shape index (κ3) is 8.95. The van der Waals surface area contributed by atoms with Gasteiger partial charge in [-0.1, -0.05) is 33.6 Å². The molecule has 0 aliphatic rings. The molecule has 0 aliphatic heterocycles. The molecule has 29 heavy (non-hydrogen) atoms. The molecule has 0 aliphatic carbocycles. The van der Waals surface area contributed by atoms with Crippen LogP contribution < -0.4 is 15.4 Å². The molecule has 8 nitrogen and oxygen atoms in total. The van der Waals surface area contributed by atoms with Crippen LogP contribution in [0.5, 0.6) is 5.75 Å². The van der Waals surface area contributed by atoms with Gasteiger partial charge in [-0.05, 0) is 43.0 Å². The molecule has 0 aromatic heterocycles. The van der Waals surface area contributed by atoms with Gasteiger partial charge in [-0.15, -0.1) is 0 Å². The number of methoxy groups -OCH3 is 1. The molecule has 8 heteroatoms. The Kier molecular flexibility index (Phi) is 10.8. The molecule has 1 aromatic carbocycles. The average molecular weight is 408 g/mol. The molecule has 2 atom stereocenters. The summed E-state index contributed by atoms with van der Waals surface area (Å²) in [5, 5.41) is 15.6. The highest BCUT2D eigenvalue weighted by Gasteiger charge is 2.27. The standard InChI is InChI=1S/C21H33N3O5/c1-5-6-7-16(13-24(28)14-25)20(26)23-19(12-15(2)3)21(27)22-17-8-10-18(29-4)11-9-17/h8-11,14-16,19,28H,5-7,12-13H2,1-4H3,(H,22,27)(H,23,26)/t16-,19+/m1/s1.